The Morgan fingerprint density at radius 1 is 1.50 bits per heavy atom. The lowest BCUT2D eigenvalue weighted by Gasteiger charge is -2.16. The van der Waals surface area contributed by atoms with Crippen LogP contribution in [-0.4, -0.2) is 40.6 Å². The number of hydrogen-bond acceptors (Lipinski definition) is 4. The van der Waals surface area contributed by atoms with Crippen molar-refractivity contribution in [1.29, 1.82) is 0 Å². The second-order valence-corrected chi connectivity index (χ2v) is 5.79. The van der Waals surface area contributed by atoms with E-state index in [9.17, 15) is 0 Å². The summed E-state index contributed by atoms with van der Waals surface area (Å²) < 4.78 is 5.23. The Morgan fingerprint density at radius 3 is 3.05 bits per heavy atom. The zero-order valence-corrected chi connectivity index (χ0v) is 13.1. The molecule has 0 amide bonds. The Hall–Kier alpha value is -2.08. The first-order valence-electron chi connectivity index (χ1n) is 7.25. The minimum absolute atomic E-state index is 0.528. The van der Waals surface area contributed by atoms with Crippen molar-refractivity contribution < 1.29 is 4.52 Å². The maximum Gasteiger partial charge on any atom is 0.228 e. The molecule has 116 valence electrons. The van der Waals surface area contributed by atoms with E-state index >= 15 is 0 Å². The number of aromatic nitrogens is 2. The average molecular weight is 320 g/mol. The fourth-order valence-electron chi connectivity index (χ4n) is 2.13. The summed E-state index contributed by atoms with van der Waals surface area (Å²) in [5, 5.41) is 4.61. The number of nitrogens with two attached hydrogens (primary N) is 1. The van der Waals surface area contributed by atoms with Gasteiger partial charge in [-0.1, -0.05) is 28.9 Å². The van der Waals surface area contributed by atoms with E-state index in [2.05, 4.69) is 15.1 Å². The second kappa shape index (κ2) is 6.36. The van der Waals surface area contributed by atoms with Crippen molar-refractivity contribution in [2.24, 2.45) is 10.7 Å². The summed E-state index contributed by atoms with van der Waals surface area (Å²) in [4.78, 5) is 10.7. The highest BCUT2D eigenvalue weighted by molar-refractivity contribution is 6.30. The van der Waals surface area contributed by atoms with Gasteiger partial charge in [0.2, 0.25) is 11.7 Å². The molecule has 0 radical (unpaired) electrons. The van der Waals surface area contributed by atoms with Crippen LogP contribution in [0.3, 0.4) is 0 Å². The topological polar surface area (TPSA) is 80.5 Å². The molecule has 1 heterocycles. The smallest absolute Gasteiger partial charge is 0.228 e. The zero-order valence-electron chi connectivity index (χ0n) is 12.4. The molecule has 1 aliphatic rings. The number of benzene rings is 1. The molecule has 1 fully saturated rings. The van der Waals surface area contributed by atoms with Crippen molar-refractivity contribution in [2.75, 3.05) is 13.6 Å². The third kappa shape index (κ3) is 3.57. The molecule has 1 saturated carbocycles. The average Bonchev–Trinajstić information content (AvgIpc) is 3.25. The van der Waals surface area contributed by atoms with Gasteiger partial charge in [0.25, 0.3) is 0 Å². The number of rotatable bonds is 5. The molecular weight excluding hydrogens is 302 g/mol. The van der Waals surface area contributed by atoms with Crippen LogP contribution < -0.4 is 5.73 Å². The van der Waals surface area contributed by atoms with Crippen LogP contribution in [0.1, 0.15) is 18.7 Å². The Kier molecular flexibility index (Phi) is 4.29. The minimum atomic E-state index is 0.528. The van der Waals surface area contributed by atoms with Crippen molar-refractivity contribution in [2.45, 2.75) is 25.3 Å². The Labute approximate surface area is 134 Å². The minimum Gasteiger partial charge on any atom is -0.370 e. The van der Waals surface area contributed by atoms with Crippen molar-refractivity contribution >= 4 is 17.6 Å². The molecule has 0 spiro atoms. The van der Waals surface area contributed by atoms with Gasteiger partial charge in [0.15, 0.2) is 5.96 Å². The third-order valence-electron chi connectivity index (χ3n) is 3.61. The molecule has 1 aromatic heterocycles. The van der Waals surface area contributed by atoms with Crippen molar-refractivity contribution in [3.63, 3.8) is 0 Å². The van der Waals surface area contributed by atoms with Crippen LogP contribution >= 0.6 is 11.6 Å². The van der Waals surface area contributed by atoms with Gasteiger partial charge >= 0.3 is 0 Å². The maximum atomic E-state index is 5.96. The number of hydrogen-bond donors (Lipinski definition) is 1. The SMILES string of the molecule is CN(C(N)=NCCc1nc(-c2cccc(Cl)c2)no1)C1CC1. The lowest BCUT2D eigenvalue weighted by atomic mass is 10.2. The quantitative estimate of drug-likeness (QED) is 0.676. The summed E-state index contributed by atoms with van der Waals surface area (Å²) in [5.41, 5.74) is 6.76. The normalized spacial score (nSPS) is 15.1. The Morgan fingerprint density at radius 2 is 2.32 bits per heavy atom. The first-order chi connectivity index (χ1) is 10.6. The van der Waals surface area contributed by atoms with E-state index in [-0.39, 0.29) is 0 Å². The third-order valence-corrected chi connectivity index (χ3v) is 3.84. The number of nitrogens with zero attached hydrogens (tertiary/aromatic N) is 4. The molecule has 1 aliphatic carbocycles. The summed E-state index contributed by atoms with van der Waals surface area (Å²) in [6.07, 6.45) is 2.95. The van der Waals surface area contributed by atoms with E-state index in [1.165, 1.54) is 12.8 Å². The highest BCUT2D eigenvalue weighted by Crippen LogP contribution is 2.24. The van der Waals surface area contributed by atoms with Gasteiger partial charge in [0, 0.05) is 30.1 Å². The lowest BCUT2D eigenvalue weighted by molar-refractivity contribution is 0.380. The van der Waals surface area contributed by atoms with E-state index < -0.39 is 0 Å². The van der Waals surface area contributed by atoms with E-state index in [4.69, 9.17) is 21.9 Å². The van der Waals surface area contributed by atoms with Crippen LogP contribution in [0.25, 0.3) is 11.4 Å². The molecule has 0 saturated heterocycles. The summed E-state index contributed by atoms with van der Waals surface area (Å²) in [5.74, 6) is 1.64. The predicted octanol–water partition coefficient (Wildman–Crippen LogP) is 2.34. The van der Waals surface area contributed by atoms with Gasteiger partial charge in [0.1, 0.15) is 0 Å². The molecule has 3 rings (SSSR count). The highest BCUT2D eigenvalue weighted by Gasteiger charge is 2.27. The van der Waals surface area contributed by atoms with Crippen LogP contribution in [-0.2, 0) is 6.42 Å². The molecule has 22 heavy (non-hydrogen) atoms. The largest absolute Gasteiger partial charge is 0.370 e. The van der Waals surface area contributed by atoms with Gasteiger partial charge in [-0.15, -0.1) is 0 Å². The van der Waals surface area contributed by atoms with E-state index in [1.54, 1.807) is 12.1 Å². The second-order valence-electron chi connectivity index (χ2n) is 5.35. The van der Waals surface area contributed by atoms with Crippen LogP contribution in [0.5, 0.6) is 0 Å². The zero-order chi connectivity index (χ0) is 15.5. The molecular formula is C15H18ClN5O. The molecule has 1 aromatic carbocycles. The van der Waals surface area contributed by atoms with Crippen LogP contribution in [0.2, 0.25) is 5.02 Å². The highest BCUT2D eigenvalue weighted by atomic mass is 35.5. The van der Waals surface area contributed by atoms with Crippen LogP contribution in [0.15, 0.2) is 33.8 Å². The van der Waals surface area contributed by atoms with Gasteiger partial charge in [-0.25, -0.2) is 0 Å². The molecule has 6 nitrogen and oxygen atoms in total. The van der Waals surface area contributed by atoms with E-state index in [0.717, 1.165) is 5.56 Å². The monoisotopic (exact) mass is 319 g/mol. The summed E-state index contributed by atoms with van der Waals surface area (Å²) in [6.45, 7) is 0.528. The lowest BCUT2D eigenvalue weighted by Crippen LogP contribution is -2.35. The fraction of sp³-hybridized carbons (Fsp3) is 0.400. The fourth-order valence-corrected chi connectivity index (χ4v) is 2.32. The molecule has 0 bridgehead atoms. The molecule has 2 aromatic rings. The maximum absolute atomic E-state index is 5.96. The number of halogens is 1. The van der Waals surface area contributed by atoms with Gasteiger partial charge in [-0.3, -0.25) is 4.99 Å². The van der Waals surface area contributed by atoms with Gasteiger partial charge in [-0.05, 0) is 25.0 Å². The van der Waals surface area contributed by atoms with Crippen molar-refractivity contribution in [3.05, 3.63) is 35.2 Å². The van der Waals surface area contributed by atoms with Crippen LogP contribution in [0, 0.1) is 0 Å². The van der Waals surface area contributed by atoms with Crippen molar-refractivity contribution in [1.82, 2.24) is 15.0 Å². The van der Waals surface area contributed by atoms with Gasteiger partial charge in [0.05, 0.1) is 6.54 Å². The molecule has 0 unspecified atom stereocenters. The Balaban J connectivity index is 1.59. The van der Waals surface area contributed by atoms with E-state index in [0.29, 0.717) is 41.7 Å². The van der Waals surface area contributed by atoms with Crippen molar-refractivity contribution in [3.8, 4) is 11.4 Å². The summed E-state index contributed by atoms with van der Waals surface area (Å²) in [7, 11) is 1.97. The standard InChI is InChI=1S/C15H18ClN5O/c1-21(12-5-6-12)15(17)18-8-7-13-19-14(20-22-13)10-3-2-4-11(16)9-10/h2-4,9,12H,5-8H2,1H3,(H2,17,18). The van der Waals surface area contributed by atoms with Gasteiger partial charge < -0.3 is 15.2 Å². The molecule has 2 N–H and O–H groups in total. The number of aliphatic imine (C=N–C) groups is 1. The summed E-state index contributed by atoms with van der Waals surface area (Å²) >= 11 is 5.96. The first kappa shape index (κ1) is 14.8. The Bertz CT molecular complexity index is 680. The van der Waals surface area contributed by atoms with E-state index in [1.807, 2.05) is 24.1 Å². The van der Waals surface area contributed by atoms with Crippen LogP contribution in [0.4, 0.5) is 0 Å². The molecule has 7 heteroatoms. The van der Waals surface area contributed by atoms with Gasteiger partial charge in [-0.2, -0.15) is 4.98 Å². The number of guanidine groups is 1. The first-order valence-corrected chi connectivity index (χ1v) is 7.62. The summed E-state index contributed by atoms with van der Waals surface area (Å²) in [6, 6.07) is 7.91. The predicted molar refractivity (Wildman–Crippen MR) is 85.7 cm³/mol. The molecule has 0 aliphatic heterocycles. The molecule has 0 atom stereocenters.